The van der Waals surface area contributed by atoms with Crippen molar-refractivity contribution in [1.82, 2.24) is 15.0 Å². The van der Waals surface area contributed by atoms with Crippen LogP contribution in [-0.4, -0.2) is 27.6 Å². The Labute approximate surface area is 116 Å². The summed E-state index contributed by atoms with van der Waals surface area (Å²) < 4.78 is 32.5. The second kappa shape index (κ2) is 6.28. The maximum absolute atomic E-state index is 13.3. The zero-order valence-electron chi connectivity index (χ0n) is 11.7. The Bertz CT molecular complexity index is 476. The molecule has 1 heterocycles. The lowest BCUT2D eigenvalue weighted by Crippen LogP contribution is -2.21. The second-order valence-corrected chi connectivity index (χ2v) is 5.21. The number of carbonyl (C=O) groups is 1. The van der Waals surface area contributed by atoms with Crippen LogP contribution in [0.3, 0.4) is 0 Å². The molecule has 0 radical (unpaired) electrons. The number of ether oxygens (including phenoxy) is 1. The standard InChI is InChI=1S/C13H19F2N3O2/c1-3-20-13(19)10-11(12(14)15)18(17-16-10)9-6-4-5-8(2)7-9/h8-9,12H,3-7H2,1-2H3. The van der Waals surface area contributed by atoms with Gasteiger partial charge in [-0.15, -0.1) is 5.10 Å². The molecule has 2 unspecified atom stereocenters. The number of halogens is 2. The minimum Gasteiger partial charge on any atom is -0.461 e. The first-order valence-electron chi connectivity index (χ1n) is 6.94. The van der Waals surface area contributed by atoms with E-state index in [0.717, 1.165) is 25.7 Å². The van der Waals surface area contributed by atoms with Crippen molar-refractivity contribution in [3.63, 3.8) is 0 Å². The summed E-state index contributed by atoms with van der Waals surface area (Å²) in [4.78, 5) is 11.7. The Morgan fingerprint density at radius 3 is 2.85 bits per heavy atom. The number of carbonyl (C=O) groups excluding carboxylic acids is 1. The molecule has 0 amide bonds. The first-order valence-corrected chi connectivity index (χ1v) is 6.94. The normalized spacial score (nSPS) is 23.1. The Morgan fingerprint density at radius 2 is 2.25 bits per heavy atom. The lowest BCUT2D eigenvalue weighted by molar-refractivity contribution is 0.0505. The minimum atomic E-state index is -2.79. The molecular weight excluding hydrogens is 268 g/mol. The Kier molecular flexibility index (Phi) is 4.67. The van der Waals surface area contributed by atoms with Crippen LogP contribution in [0.1, 0.15) is 68.2 Å². The molecule has 20 heavy (non-hydrogen) atoms. The molecule has 0 aromatic carbocycles. The lowest BCUT2D eigenvalue weighted by Gasteiger charge is -2.27. The summed E-state index contributed by atoms with van der Waals surface area (Å²) in [6, 6.07) is -0.113. The predicted molar refractivity (Wildman–Crippen MR) is 67.6 cm³/mol. The van der Waals surface area contributed by atoms with Crippen LogP contribution in [0.2, 0.25) is 0 Å². The van der Waals surface area contributed by atoms with Crippen LogP contribution in [0.15, 0.2) is 0 Å². The molecule has 112 valence electrons. The highest BCUT2D eigenvalue weighted by molar-refractivity contribution is 5.88. The van der Waals surface area contributed by atoms with Crippen molar-refractivity contribution in [2.75, 3.05) is 6.61 Å². The molecule has 0 aliphatic heterocycles. The molecule has 5 nitrogen and oxygen atoms in total. The zero-order valence-corrected chi connectivity index (χ0v) is 11.7. The Balaban J connectivity index is 2.31. The number of rotatable bonds is 4. The molecule has 7 heteroatoms. The average molecular weight is 287 g/mol. The van der Waals surface area contributed by atoms with Gasteiger partial charge in [0.1, 0.15) is 5.69 Å². The van der Waals surface area contributed by atoms with Gasteiger partial charge >= 0.3 is 5.97 Å². The fraction of sp³-hybridized carbons (Fsp3) is 0.769. The smallest absolute Gasteiger partial charge is 0.361 e. The highest BCUT2D eigenvalue weighted by Gasteiger charge is 2.32. The first kappa shape index (κ1) is 14.9. The third-order valence-electron chi connectivity index (χ3n) is 3.66. The van der Waals surface area contributed by atoms with Gasteiger partial charge in [0.05, 0.1) is 12.6 Å². The molecule has 2 rings (SSSR count). The van der Waals surface area contributed by atoms with E-state index in [1.54, 1.807) is 6.92 Å². The minimum absolute atomic E-state index is 0.113. The van der Waals surface area contributed by atoms with E-state index in [1.807, 2.05) is 0 Å². The van der Waals surface area contributed by atoms with Crippen molar-refractivity contribution in [2.45, 2.75) is 52.0 Å². The molecule has 0 spiro atoms. The van der Waals surface area contributed by atoms with Gasteiger partial charge in [-0.05, 0) is 25.7 Å². The molecule has 1 aliphatic rings. The van der Waals surface area contributed by atoms with E-state index < -0.39 is 18.1 Å². The summed E-state index contributed by atoms with van der Waals surface area (Å²) in [6.45, 7) is 3.83. The van der Waals surface area contributed by atoms with E-state index in [2.05, 4.69) is 17.2 Å². The molecule has 1 aliphatic carbocycles. The van der Waals surface area contributed by atoms with Crippen LogP contribution < -0.4 is 0 Å². The SMILES string of the molecule is CCOC(=O)c1nnn(C2CCCC(C)C2)c1C(F)F. The quantitative estimate of drug-likeness (QED) is 0.798. The summed E-state index contributed by atoms with van der Waals surface area (Å²) in [5.41, 5.74) is -0.775. The van der Waals surface area contributed by atoms with E-state index >= 15 is 0 Å². The van der Waals surface area contributed by atoms with Crippen LogP contribution >= 0.6 is 0 Å². The molecule has 2 atom stereocenters. The second-order valence-electron chi connectivity index (χ2n) is 5.21. The van der Waals surface area contributed by atoms with Crippen LogP contribution in [0.4, 0.5) is 8.78 Å². The van der Waals surface area contributed by atoms with Crippen molar-refractivity contribution >= 4 is 5.97 Å². The van der Waals surface area contributed by atoms with Crippen molar-refractivity contribution < 1.29 is 18.3 Å². The number of esters is 1. The Morgan fingerprint density at radius 1 is 1.50 bits per heavy atom. The molecule has 0 bridgehead atoms. The van der Waals surface area contributed by atoms with Gasteiger partial charge in [-0.1, -0.05) is 25.0 Å². The molecule has 0 saturated heterocycles. The molecular formula is C13H19F2N3O2. The third kappa shape index (κ3) is 2.96. The molecule has 1 fully saturated rings. The number of alkyl halides is 2. The highest BCUT2D eigenvalue weighted by atomic mass is 19.3. The summed E-state index contributed by atoms with van der Waals surface area (Å²) in [6.07, 6.45) is 0.853. The van der Waals surface area contributed by atoms with Crippen LogP contribution in [0, 0.1) is 5.92 Å². The third-order valence-corrected chi connectivity index (χ3v) is 3.66. The summed E-state index contributed by atoms with van der Waals surface area (Å²) in [7, 11) is 0. The first-order chi connectivity index (χ1) is 9.54. The molecule has 1 saturated carbocycles. The van der Waals surface area contributed by atoms with E-state index in [4.69, 9.17) is 4.74 Å². The van der Waals surface area contributed by atoms with E-state index in [0.29, 0.717) is 5.92 Å². The van der Waals surface area contributed by atoms with E-state index in [9.17, 15) is 13.6 Å². The average Bonchev–Trinajstić information content (AvgIpc) is 2.83. The number of nitrogens with zero attached hydrogens (tertiary/aromatic N) is 3. The monoisotopic (exact) mass is 287 g/mol. The maximum atomic E-state index is 13.3. The van der Waals surface area contributed by atoms with Crippen LogP contribution in [-0.2, 0) is 4.74 Å². The van der Waals surface area contributed by atoms with Gasteiger partial charge in [0, 0.05) is 0 Å². The van der Waals surface area contributed by atoms with Crippen molar-refractivity contribution in [1.29, 1.82) is 0 Å². The predicted octanol–water partition coefficient (Wildman–Crippen LogP) is 3.14. The fourth-order valence-electron chi connectivity index (χ4n) is 2.74. The molecule has 1 aromatic heterocycles. The van der Waals surface area contributed by atoms with Crippen LogP contribution in [0.5, 0.6) is 0 Å². The number of aromatic nitrogens is 3. The topological polar surface area (TPSA) is 57.0 Å². The molecule has 1 aromatic rings. The van der Waals surface area contributed by atoms with E-state index in [-0.39, 0.29) is 18.3 Å². The maximum Gasteiger partial charge on any atom is 0.361 e. The summed E-state index contributed by atoms with van der Waals surface area (Å²) in [5, 5.41) is 7.40. The van der Waals surface area contributed by atoms with Gasteiger partial charge < -0.3 is 4.74 Å². The Hall–Kier alpha value is -1.53. The largest absolute Gasteiger partial charge is 0.461 e. The van der Waals surface area contributed by atoms with Gasteiger partial charge in [-0.25, -0.2) is 18.3 Å². The van der Waals surface area contributed by atoms with Crippen molar-refractivity contribution in [2.24, 2.45) is 5.92 Å². The van der Waals surface area contributed by atoms with Gasteiger partial charge in [-0.3, -0.25) is 0 Å². The van der Waals surface area contributed by atoms with Crippen molar-refractivity contribution in [3.05, 3.63) is 11.4 Å². The number of hydrogen-bond acceptors (Lipinski definition) is 4. The van der Waals surface area contributed by atoms with Gasteiger partial charge in [0.2, 0.25) is 0 Å². The highest BCUT2D eigenvalue weighted by Crippen LogP contribution is 2.35. The van der Waals surface area contributed by atoms with Crippen LogP contribution in [0.25, 0.3) is 0 Å². The van der Waals surface area contributed by atoms with E-state index in [1.165, 1.54) is 4.68 Å². The summed E-state index contributed by atoms with van der Waals surface area (Å²) >= 11 is 0. The summed E-state index contributed by atoms with van der Waals surface area (Å²) in [5.74, 6) is -0.368. The van der Waals surface area contributed by atoms with Gasteiger partial charge in [0.25, 0.3) is 6.43 Å². The number of hydrogen-bond donors (Lipinski definition) is 0. The molecule has 0 N–H and O–H groups in total. The lowest BCUT2D eigenvalue weighted by atomic mass is 9.87. The fourth-order valence-corrected chi connectivity index (χ4v) is 2.74. The van der Waals surface area contributed by atoms with Gasteiger partial charge in [0.15, 0.2) is 5.69 Å². The van der Waals surface area contributed by atoms with Crippen molar-refractivity contribution in [3.8, 4) is 0 Å². The zero-order chi connectivity index (χ0) is 14.7. The van der Waals surface area contributed by atoms with Gasteiger partial charge in [-0.2, -0.15) is 0 Å².